The average molecular weight is 323 g/mol. The van der Waals surface area contributed by atoms with Crippen LogP contribution in [-0.4, -0.2) is 47.4 Å². The number of nitrogens with zero attached hydrogens (tertiary/aromatic N) is 3. The van der Waals surface area contributed by atoms with Gasteiger partial charge in [-0.15, -0.1) is 0 Å². The lowest BCUT2D eigenvalue weighted by Gasteiger charge is -2.22. The number of esters is 1. The molecule has 0 radical (unpaired) electrons. The first kappa shape index (κ1) is 19.7. The second kappa shape index (κ2) is 8.48. The van der Waals surface area contributed by atoms with Gasteiger partial charge in [0.25, 0.3) is 0 Å². The predicted molar refractivity (Wildman–Crippen MR) is 94.0 cm³/mol. The summed E-state index contributed by atoms with van der Waals surface area (Å²) in [7, 11) is 1.41. The molecule has 23 heavy (non-hydrogen) atoms. The molecule has 5 nitrogen and oxygen atoms in total. The highest BCUT2D eigenvalue weighted by Crippen LogP contribution is 2.43. The van der Waals surface area contributed by atoms with E-state index in [1.54, 1.807) is 6.20 Å². The molecule has 5 heteroatoms. The molecule has 1 fully saturated rings. The highest BCUT2D eigenvalue weighted by molar-refractivity contribution is 5.90. The zero-order valence-electron chi connectivity index (χ0n) is 15.8. The molecule has 0 atom stereocenters. The molecule has 132 valence electrons. The van der Waals surface area contributed by atoms with Gasteiger partial charge in [0.2, 0.25) is 0 Å². The highest BCUT2D eigenvalue weighted by atomic mass is 16.5. The number of ether oxygens (including phenoxy) is 1. The number of carbonyl (C=O) groups is 1. The SMILES string of the molecule is CCN(CC)CC.COC(=O)c1cnn(C(C)(C)C)c1C1CC1. The number of hydrogen-bond acceptors (Lipinski definition) is 4. The molecule has 0 spiro atoms. The van der Waals surface area contributed by atoms with Crippen LogP contribution >= 0.6 is 0 Å². The molecule has 0 unspecified atom stereocenters. The number of methoxy groups -OCH3 is 1. The Hall–Kier alpha value is -1.36. The van der Waals surface area contributed by atoms with E-state index in [0.29, 0.717) is 11.5 Å². The fourth-order valence-electron chi connectivity index (χ4n) is 2.58. The van der Waals surface area contributed by atoms with Crippen LogP contribution in [0.15, 0.2) is 6.20 Å². The van der Waals surface area contributed by atoms with E-state index >= 15 is 0 Å². The molecule has 1 aliphatic carbocycles. The molecule has 1 aliphatic rings. The van der Waals surface area contributed by atoms with Gasteiger partial charge in [-0.25, -0.2) is 4.79 Å². The maximum Gasteiger partial charge on any atom is 0.341 e. The Balaban J connectivity index is 0.000000322. The van der Waals surface area contributed by atoms with Crippen molar-refractivity contribution in [2.45, 2.75) is 65.8 Å². The Morgan fingerprint density at radius 3 is 2.09 bits per heavy atom. The topological polar surface area (TPSA) is 47.4 Å². The first-order valence-electron chi connectivity index (χ1n) is 8.69. The Morgan fingerprint density at radius 2 is 1.78 bits per heavy atom. The summed E-state index contributed by atoms with van der Waals surface area (Å²) in [6.07, 6.45) is 3.92. The Morgan fingerprint density at radius 1 is 1.26 bits per heavy atom. The van der Waals surface area contributed by atoms with E-state index in [4.69, 9.17) is 4.74 Å². The zero-order chi connectivity index (χ0) is 17.6. The summed E-state index contributed by atoms with van der Waals surface area (Å²) in [6, 6.07) is 0. The van der Waals surface area contributed by atoms with Crippen molar-refractivity contribution in [1.82, 2.24) is 14.7 Å². The van der Waals surface area contributed by atoms with E-state index in [9.17, 15) is 4.79 Å². The summed E-state index contributed by atoms with van der Waals surface area (Å²) in [5.74, 6) is 0.202. The van der Waals surface area contributed by atoms with Gasteiger partial charge in [0.15, 0.2) is 0 Å². The van der Waals surface area contributed by atoms with Crippen LogP contribution in [0.4, 0.5) is 0 Å². The van der Waals surface area contributed by atoms with Crippen LogP contribution < -0.4 is 0 Å². The van der Waals surface area contributed by atoms with Gasteiger partial charge in [-0.2, -0.15) is 5.10 Å². The van der Waals surface area contributed by atoms with Crippen LogP contribution in [0.1, 0.15) is 76.4 Å². The molecule has 0 bridgehead atoms. The summed E-state index contributed by atoms with van der Waals surface area (Å²) in [5.41, 5.74) is 1.57. The van der Waals surface area contributed by atoms with E-state index in [-0.39, 0.29) is 11.5 Å². The van der Waals surface area contributed by atoms with Gasteiger partial charge in [-0.1, -0.05) is 20.8 Å². The maximum atomic E-state index is 11.6. The molecule has 0 saturated heterocycles. The minimum Gasteiger partial charge on any atom is -0.465 e. The average Bonchev–Trinajstić information content (AvgIpc) is 3.25. The standard InChI is InChI=1S/C12H18N2O2.C6H15N/c1-12(2,3)14-10(8-5-6-8)9(7-13-14)11(15)16-4;1-4-7(5-2)6-3/h7-8H,5-6H2,1-4H3;4-6H2,1-3H3. The van der Waals surface area contributed by atoms with Crippen molar-refractivity contribution in [3.8, 4) is 0 Å². The fraction of sp³-hybridized carbons (Fsp3) is 0.778. The molecular formula is C18H33N3O2. The Bertz CT molecular complexity index is 489. The monoisotopic (exact) mass is 323 g/mol. The van der Waals surface area contributed by atoms with Crippen LogP contribution in [0, 0.1) is 0 Å². The summed E-state index contributed by atoms with van der Waals surface area (Å²) in [4.78, 5) is 14.0. The van der Waals surface area contributed by atoms with Gasteiger partial charge in [-0.05, 0) is 53.2 Å². The fourth-order valence-corrected chi connectivity index (χ4v) is 2.58. The van der Waals surface area contributed by atoms with Crippen molar-refractivity contribution in [2.24, 2.45) is 0 Å². The second-order valence-electron chi connectivity index (χ2n) is 6.91. The van der Waals surface area contributed by atoms with Gasteiger partial charge in [0.1, 0.15) is 5.56 Å². The largest absolute Gasteiger partial charge is 0.465 e. The van der Waals surface area contributed by atoms with Crippen molar-refractivity contribution < 1.29 is 9.53 Å². The van der Waals surface area contributed by atoms with Crippen molar-refractivity contribution in [2.75, 3.05) is 26.7 Å². The van der Waals surface area contributed by atoms with Gasteiger partial charge in [0.05, 0.1) is 24.5 Å². The lowest BCUT2D eigenvalue weighted by Crippen LogP contribution is -2.25. The summed E-state index contributed by atoms with van der Waals surface area (Å²) >= 11 is 0. The first-order valence-corrected chi connectivity index (χ1v) is 8.69. The molecule has 0 amide bonds. The molecule has 1 saturated carbocycles. The number of aromatic nitrogens is 2. The van der Waals surface area contributed by atoms with Crippen molar-refractivity contribution >= 4 is 5.97 Å². The summed E-state index contributed by atoms with van der Waals surface area (Å²) < 4.78 is 6.74. The predicted octanol–water partition coefficient (Wildman–Crippen LogP) is 3.65. The third-order valence-electron chi connectivity index (χ3n) is 4.15. The second-order valence-corrected chi connectivity index (χ2v) is 6.91. The van der Waals surface area contributed by atoms with E-state index in [0.717, 1.165) is 18.5 Å². The van der Waals surface area contributed by atoms with Gasteiger partial charge in [0, 0.05) is 5.92 Å². The highest BCUT2D eigenvalue weighted by Gasteiger charge is 2.35. The van der Waals surface area contributed by atoms with E-state index in [2.05, 4.69) is 51.5 Å². The third-order valence-corrected chi connectivity index (χ3v) is 4.15. The minimum atomic E-state index is -0.280. The van der Waals surface area contributed by atoms with E-state index < -0.39 is 0 Å². The van der Waals surface area contributed by atoms with Gasteiger partial charge in [-0.3, -0.25) is 4.68 Å². The third kappa shape index (κ3) is 5.34. The molecule has 0 N–H and O–H groups in total. The lowest BCUT2D eigenvalue weighted by molar-refractivity contribution is 0.0599. The van der Waals surface area contributed by atoms with Crippen molar-refractivity contribution in [1.29, 1.82) is 0 Å². The molecular weight excluding hydrogens is 290 g/mol. The smallest absolute Gasteiger partial charge is 0.341 e. The van der Waals surface area contributed by atoms with Gasteiger partial charge >= 0.3 is 5.97 Å². The molecule has 1 aromatic rings. The normalized spacial score (nSPS) is 14.4. The molecule has 1 heterocycles. The van der Waals surface area contributed by atoms with E-state index in [1.807, 2.05) is 4.68 Å². The summed E-state index contributed by atoms with van der Waals surface area (Å²) in [6.45, 7) is 16.4. The van der Waals surface area contributed by atoms with Crippen LogP contribution in [0.2, 0.25) is 0 Å². The lowest BCUT2D eigenvalue weighted by atomic mass is 10.1. The number of carbonyl (C=O) groups excluding carboxylic acids is 1. The van der Waals surface area contributed by atoms with Gasteiger partial charge < -0.3 is 9.64 Å². The Labute approximate surface area is 141 Å². The van der Waals surface area contributed by atoms with E-state index in [1.165, 1.54) is 26.7 Å². The molecule has 2 rings (SSSR count). The first-order chi connectivity index (χ1) is 10.8. The maximum absolute atomic E-state index is 11.6. The quantitative estimate of drug-likeness (QED) is 0.776. The number of hydrogen-bond donors (Lipinski definition) is 0. The minimum absolute atomic E-state index is 0.0931. The van der Waals surface area contributed by atoms with Crippen LogP contribution in [0.3, 0.4) is 0 Å². The summed E-state index contributed by atoms with van der Waals surface area (Å²) in [5, 5.41) is 4.33. The van der Waals surface area contributed by atoms with Crippen molar-refractivity contribution in [3.05, 3.63) is 17.5 Å². The Kier molecular flexibility index (Phi) is 7.26. The molecule has 0 aliphatic heterocycles. The van der Waals surface area contributed by atoms with Crippen molar-refractivity contribution in [3.63, 3.8) is 0 Å². The van der Waals surface area contributed by atoms with Crippen LogP contribution in [-0.2, 0) is 10.3 Å². The zero-order valence-corrected chi connectivity index (χ0v) is 15.8. The molecule has 0 aromatic carbocycles. The van der Waals surface area contributed by atoms with Crippen LogP contribution in [0.25, 0.3) is 0 Å². The molecule has 1 aromatic heterocycles. The van der Waals surface area contributed by atoms with Crippen LogP contribution in [0.5, 0.6) is 0 Å². The number of rotatable bonds is 5.